The van der Waals surface area contributed by atoms with Gasteiger partial charge in [-0.15, -0.1) is 12.4 Å². The molecule has 2 heterocycles. The summed E-state index contributed by atoms with van der Waals surface area (Å²) < 4.78 is 2.21. The molecule has 3 aromatic rings. The minimum atomic E-state index is 0. The van der Waals surface area contributed by atoms with Crippen LogP contribution in [0.25, 0.3) is 16.6 Å². The lowest BCUT2D eigenvalue weighted by atomic mass is 10.2. The van der Waals surface area contributed by atoms with Crippen LogP contribution in [0, 0.1) is 0 Å². The molecule has 1 aromatic heterocycles. The number of rotatable bonds is 3. The maximum Gasteiger partial charge on any atom is 0.154 e. The number of carbonyl (C=O) groups excluding carboxylic acids is 1. The third-order valence-electron chi connectivity index (χ3n) is 4.44. The zero-order valence-corrected chi connectivity index (χ0v) is 14.1. The average molecular weight is 342 g/mol. The van der Waals surface area contributed by atoms with Crippen molar-refractivity contribution in [1.29, 1.82) is 0 Å². The van der Waals surface area contributed by atoms with Gasteiger partial charge in [0.1, 0.15) is 5.82 Å². The van der Waals surface area contributed by atoms with Gasteiger partial charge in [-0.25, -0.2) is 0 Å². The normalized spacial score (nSPS) is 14.4. The van der Waals surface area contributed by atoms with Crippen LogP contribution in [0.4, 0.5) is 5.82 Å². The molecule has 0 saturated carbocycles. The van der Waals surface area contributed by atoms with Gasteiger partial charge in [-0.05, 0) is 18.2 Å². The SMILES string of the molecule is Cl.O=Cc1c(N2CCNCC2)n(-c2ccccc2)c2ccccc12. The molecule has 4 rings (SSSR count). The van der Waals surface area contributed by atoms with Crippen molar-refractivity contribution in [1.82, 2.24) is 9.88 Å². The molecule has 4 nitrogen and oxygen atoms in total. The van der Waals surface area contributed by atoms with E-state index < -0.39 is 0 Å². The van der Waals surface area contributed by atoms with E-state index in [4.69, 9.17) is 0 Å². The van der Waals surface area contributed by atoms with Gasteiger partial charge in [-0.1, -0.05) is 36.4 Å². The zero-order valence-electron chi connectivity index (χ0n) is 13.3. The van der Waals surface area contributed by atoms with E-state index in [1.54, 1.807) is 0 Å². The second-order valence-electron chi connectivity index (χ2n) is 5.78. The van der Waals surface area contributed by atoms with Gasteiger partial charge in [0.2, 0.25) is 0 Å². The summed E-state index contributed by atoms with van der Waals surface area (Å²) in [5.74, 6) is 1.01. The molecule has 5 heteroatoms. The summed E-state index contributed by atoms with van der Waals surface area (Å²) in [6.45, 7) is 3.69. The molecule has 1 N–H and O–H groups in total. The lowest BCUT2D eigenvalue weighted by molar-refractivity contribution is 0.112. The van der Waals surface area contributed by atoms with Gasteiger partial charge in [0.15, 0.2) is 6.29 Å². The van der Waals surface area contributed by atoms with Gasteiger partial charge >= 0.3 is 0 Å². The van der Waals surface area contributed by atoms with Gasteiger partial charge in [0.25, 0.3) is 0 Å². The highest BCUT2D eigenvalue weighted by Crippen LogP contribution is 2.34. The number of aromatic nitrogens is 1. The standard InChI is InChI=1S/C19H19N3O.ClH/c23-14-17-16-8-4-5-9-18(16)22(15-6-2-1-3-7-15)19(17)21-12-10-20-11-13-21;/h1-9,14,20H,10-13H2;1H. The van der Waals surface area contributed by atoms with Gasteiger partial charge in [0.05, 0.1) is 11.1 Å². The molecular formula is C19H20ClN3O. The highest BCUT2D eigenvalue weighted by atomic mass is 35.5. The van der Waals surface area contributed by atoms with E-state index in [0.717, 1.165) is 60.4 Å². The first kappa shape index (κ1) is 16.6. The molecule has 0 unspecified atom stereocenters. The van der Waals surface area contributed by atoms with Gasteiger partial charge in [-0.2, -0.15) is 0 Å². The van der Waals surface area contributed by atoms with E-state index in [2.05, 4.69) is 33.0 Å². The third kappa shape index (κ3) is 2.68. The molecule has 0 radical (unpaired) electrons. The Morgan fingerprint density at radius 2 is 1.58 bits per heavy atom. The number of benzene rings is 2. The van der Waals surface area contributed by atoms with Gasteiger partial charge in [0, 0.05) is 37.3 Å². The lowest BCUT2D eigenvalue weighted by Gasteiger charge is -2.31. The Morgan fingerprint density at radius 3 is 2.29 bits per heavy atom. The summed E-state index contributed by atoms with van der Waals surface area (Å²) in [6, 6.07) is 18.4. The minimum absolute atomic E-state index is 0. The molecule has 1 aliphatic heterocycles. The van der Waals surface area contributed by atoms with Crippen LogP contribution < -0.4 is 10.2 Å². The van der Waals surface area contributed by atoms with E-state index in [1.165, 1.54) is 0 Å². The first-order chi connectivity index (χ1) is 11.4. The van der Waals surface area contributed by atoms with E-state index in [9.17, 15) is 4.79 Å². The Balaban J connectivity index is 0.00000169. The van der Waals surface area contributed by atoms with Crippen molar-refractivity contribution in [2.45, 2.75) is 0 Å². The zero-order chi connectivity index (χ0) is 15.6. The van der Waals surface area contributed by atoms with Crippen molar-refractivity contribution in [3.05, 3.63) is 60.2 Å². The van der Waals surface area contributed by atoms with E-state index in [0.29, 0.717) is 0 Å². The van der Waals surface area contributed by atoms with Crippen LogP contribution in [0.15, 0.2) is 54.6 Å². The first-order valence-electron chi connectivity index (χ1n) is 8.00. The smallest absolute Gasteiger partial charge is 0.154 e. The second kappa shape index (κ2) is 7.07. The van der Waals surface area contributed by atoms with Gasteiger partial charge < -0.3 is 10.2 Å². The topological polar surface area (TPSA) is 37.3 Å². The van der Waals surface area contributed by atoms with E-state index in [1.807, 2.05) is 36.4 Å². The molecule has 1 fully saturated rings. The number of halogens is 1. The van der Waals surface area contributed by atoms with Crippen molar-refractivity contribution >= 4 is 35.4 Å². The van der Waals surface area contributed by atoms with Crippen molar-refractivity contribution in [2.24, 2.45) is 0 Å². The number of hydrogen-bond donors (Lipinski definition) is 1. The summed E-state index contributed by atoms with van der Waals surface area (Å²) >= 11 is 0. The Labute approximate surface area is 147 Å². The number of nitrogens with zero attached hydrogens (tertiary/aromatic N) is 2. The largest absolute Gasteiger partial charge is 0.355 e. The fourth-order valence-corrected chi connectivity index (χ4v) is 3.39. The van der Waals surface area contributed by atoms with Crippen molar-refractivity contribution in [2.75, 3.05) is 31.1 Å². The molecule has 2 aromatic carbocycles. The Morgan fingerprint density at radius 1 is 0.917 bits per heavy atom. The molecule has 0 bridgehead atoms. The summed E-state index contributed by atoms with van der Waals surface area (Å²) in [5, 5.41) is 4.39. The van der Waals surface area contributed by atoms with E-state index >= 15 is 0 Å². The molecule has 24 heavy (non-hydrogen) atoms. The van der Waals surface area contributed by atoms with Crippen LogP contribution in [0.5, 0.6) is 0 Å². The quantitative estimate of drug-likeness (QED) is 0.743. The minimum Gasteiger partial charge on any atom is -0.355 e. The van der Waals surface area contributed by atoms with Crippen molar-refractivity contribution in [3.8, 4) is 5.69 Å². The van der Waals surface area contributed by atoms with Crippen LogP contribution in [-0.4, -0.2) is 37.0 Å². The number of para-hydroxylation sites is 2. The Bertz CT molecular complexity index is 838. The molecule has 0 spiro atoms. The molecule has 0 amide bonds. The average Bonchev–Trinajstić information content (AvgIpc) is 2.97. The van der Waals surface area contributed by atoms with Crippen LogP contribution in [0.3, 0.4) is 0 Å². The van der Waals surface area contributed by atoms with Gasteiger partial charge in [-0.3, -0.25) is 9.36 Å². The van der Waals surface area contributed by atoms with Crippen molar-refractivity contribution < 1.29 is 4.79 Å². The molecule has 1 aliphatic rings. The number of hydrogen-bond acceptors (Lipinski definition) is 3. The van der Waals surface area contributed by atoms with E-state index in [-0.39, 0.29) is 12.4 Å². The number of aldehydes is 1. The summed E-state index contributed by atoms with van der Waals surface area (Å²) in [5.41, 5.74) is 2.95. The monoisotopic (exact) mass is 341 g/mol. The maximum atomic E-state index is 11.9. The van der Waals surface area contributed by atoms with Crippen LogP contribution in [0.1, 0.15) is 10.4 Å². The fraction of sp³-hybridized carbons (Fsp3) is 0.211. The first-order valence-corrected chi connectivity index (χ1v) is 8.00. The molecule has 1 saturated heterocycles. The molecular weight excluding hydrogens is 322 g/mol. The highest BCUT2D eigenvalue weighted by molar-refractivity contribution is 6.05. The van der Waals surface area contributed by atoms with Crippen LogP contribution in [-0.2, 0) is 0 Å². The lowest BCUT2D eigenvalue weighted by Crippen LogP contribution is -2.44. The third-order valence-corrected chi connectivity index (χ3v) is 4.44. The number of carbonyl (C=O) groups is 1. The van der Waals surface area contributed by atoms with Crippen LogP contribution in [0.2, 0.25) is 0 Å². The molecule has 0 aliphatic carbocycles. The maximum absolute atomic E-state index is 11.9. The predicted octanol–water partition coefficient (Wildman–Crippen LogP) is 3.27. The summed E-state index contributed by atoms with van der Waals surface area (Å²) in [4.78, 5) is 14.2. The van der Waals surface area contributed by atoms with Crippen LogP contribution >= 0.6 is 12.4 Å². The number of nitrogens with one attached hydrogen (secondary N) is 1. The fourth-order valence-electron chi connectivity index (χ4n) is 3.39. The number of piperazine rings is 1. The Hall–Kier alpha value is -2.30. The molecule has 0 atom stereocenters. The second-order valence-corrected chi connectivity index (χ2v) is 5.78. The summed E-state index contributed by atoms with van der Waals surface area (Å²) in [6.07, 6.45) is 0.999. The number of fused-ring (bicyclic) bond motifs is 1. The Kier molecular flexibility index (Phi) is 4.88. The highest BCUT2D eigenvalue weighted by Gasteiger charge is 2.23. The number of anilines is 1. The van der Waals surface area contributed by atoms with Crippen molar-refractivity contribution in [3.63, 3.8) is 0 Å². The predicted molar refractivity (Wildman–Crippen MR) is 101 cm³/mol. The summed E-state index contributed by atoms with van der Waals surface area (Å²) in [7, 11) is 0. The molecule has 124 valence electrons.